The predicted molar refractivity (Wildman–Crippen MR) is 92.7 cm³/mol. The molecule has 0 aliphatic heterocycles. The van der Waals surface area contributed by atoms with Gasteiger partial charge < -0.3 is 15.6 Å². The molecule has 126 valence electrons. The van der Waals surface area contributed by atoms with E-state index in [0.717, 1.165) is 0 Å². The number of hydrogen-bond donors (Lipinski definition) is 3. The summed E-state index contributed by atoms with van der Waals surface area (Å²) in [6.45, 7) is 7.34. The Morgan fingerprint density at radius 2 is 1.83 bits per heavy atom. The normalized spacial score (nSPS) is 10.3. The van der Waals surface area contributed by atoms with Crippen LogP contribution < -0.4 is 10.6 Å². The molecule has 0 unspecified atom stereocenters. The lowest BCUT2D eigenvalue weighted by atomic mass is 10.1. The van der Waals surface area contributed by atoms with E-state index >= 15 is 0 Å². The molecule has 6 heteroatoms. The second kappa shape index (κ2) is 7.12. The van der Waals surface area contributed by atoms with Crippen molar-refractivity contribution in [2.75, 3.05) is 11.9 Å². The van der Waals surface area contributed by atoms with Gasteiger partial charge >= 0.3 is 0 Å². The van der Waals surface area contributed by atoms with Crippen LogP contribution in [0.15, 0.2) is 24.3 Å². The molecule has 1 heterocycles. The van der Waals surface area contributed by atoms with Crippen LogP contribution in [-0.4, -0.2) is 29.1 Å². The molecule has 0 fully saturated rings. The molecule has 0 aliphatic rings. The first-order chi connectivity index (χ1) is 11.3. The van der Waals surface area contributed by atoms with Gasteiger partial charge in [-0.25, -0.2) is 0 Å². The van der Waals surface area contributed by atoms with Crippen molar-refractivity contribution in [2.45, 2.75) is 27.7 Å². The maximum atomic E-state index is 12.5. The van der Waals surface area contributed by atoms with Crippen molar-refractivity contribution in [3.05, 3.63) is 52.3 Å². The molecule has 2 amide bonds. The Morgan fingerprint density at radius 1 is 1.12 bits per heavy atom. The van der Waals surface area contributed by atoms with Crippen LogP contribution in [-0.2, 0) is 0 Å². The van der Waals surface area contributed by atoms with E-state index < -0.39 is 0 Å². The van der Waals surface area contributed by atoms with Crippen LogP contribution in [0.25, 0.3) is 0 Å². The van der Waals surface area contributed by atoms with Crippen LogP contribution >= 0.6 is 0 Å². The smallest absolute Gasteiger partial charge is 0.272 e. The van der Waals surface area contributed by atoms with Gasteiger partial charge in [-0.15, -0.1) is 0 Å². The average molecular weight is 327 g/mol. The molecular formula is C18H21N3O3. The molecule has 3 N–H and O–H groups in total. The number of carbonyl (C=O) groups excluding carboxylic acids is 3. The summed E-state index contributed by atoms with van der Waals surface area (Å²) in [7, 11) is 0. The summed E-state index contributed by atoms with van der Waals surface area (Å²) in [6.07, 6.45) is 0. The molecule has 24 heavy (non-hydrogen) atoms. The number of nitrogens with one attached hydrogen (secondary N) is 3. The monoisotopic (exact) mass is 327 g/mol. The van der Waals surface area contributed by atoms with Crippen molar-refractivity contribution in [1.29, 1.82) is 0 Å². The quantitative estimate of drug-likeness (QED) is 0.737. The van der Waals surface area contributed by atoms with Crippen molar-refractivity contribution in [3.63, 3.8) is 0 Å². The van der Waals surface area contributed by atoms with Gasteiger partial charge in [0.2, 0.25) is 0 Å². The van der Waals surface area contributed by atoms with Crippen LogP contribution in [0, 0.1) is 13.8 Å². The van der Waals surface area contributed by atoms with Crippen molar-refractivity contribution in [1.82, 2.24) is 10.3 Å². The Kier molecular flexibility index (Phi) is 5.18. The zero-order valence-electron chi connectivity index (χ0n) is 14.2. The predicted octanol–water partition coefficient (Wildman–Crippen LogP) is 2.84. The van der Waals surface area contributed by atoms with Crippen molar-refractivity contribution in [2.24, 2.45) is 0 Å². The van der Waals surface area contributed by atoms with Gasteiger partial charge in [0.05, 0.1) is 0 Å². The minimum Gasteiger partial charge on any atom is -0.354 e. The Labute approximate surface area is 140 Å². The maximum absolute atomic E-state index is 12.5. The fraction of sp³-hybridized carbons (Fsp3) is 0.278. The molecule has 1 aromatic heterocycles. The second-order valence-corrected chi connectivity index (χ2v) is 5.58. The maximum Gasteiger partial charge on any atom is 0.272 e. The summed E-state index contributed by atoms with van der Waals surface area (Å²) in [5, 5.41) is 5.47. The van der Waals surface area contributed by atoms with Crippen LogP contribution in [0.4, 0.5) is 5.69 Å². The number of aryl methyl sites for hydroxylation is 1. The first kappa shape index (κ1) is 17.5. The van der Waals surface area contributed by atoms with Crippen LogP contribution in [0.2, 0.25) is 0 Å². The highest BCUT2D eigenvalue weighted by Crippen LogP contribution is 2.20. The van der Waals surface area contributed by atoms with Gasteiger partial charge in [-0.2, -0.15) is 0 Å². The lowest BCUT2D eigenvalue weighted by Crippen LogP contribution is -2.22. The summed E-state index contributed by atoms with van der Waals surface area (Å²) in [5.74, 6) is -0.631. The third-order valence-corrected chi connectivity index (χ3v) is 3.74. The Morgan fingerprint density at radius 3 is 2.42 bits per heavy atom. The molecule has 6 nitrogen and oxygen atoms in total. The van der Waals surface area contributed by atoms with Crippen LogP contribution in [0.5, 0.6) is 0 Å². The number of anilines is 1. The Balaban J connectivity index is 2.25. The summed E-state index contributed by atoms with van der Waals surface area (Å²) in [6, 6.07) is 6.70. The number of hydrogen-bond acceptors (Lipinski definition) is 3. The first-order valence-electron chi connectivity index (χ1n) is 7.74. The number of aromatic nitrogens is 1. The van der Waals surface area contributed by atoms with E-state index in [1.54, 1.807) is 38.1 Å². The number of ketones is 1. The SMILES string of the molecule is CCNC(=O)c1cccc(NC(=O)c2[nH]c(C)c(C(C)=O)c2C)c1. The summed E-state index contributed by atoms with van der Waals surface area (Å²) in [4.78, 5) is 39.0. The van der Waals surface area contributed by atoms with Crippen LogP contribution in [0.3, 0.4) is 0 Å². The molecule has 0 aliphatic carbocycles. The summed E-state index contributed by atoms with van der Waals surface area (Å²) in [5.41, 5.74) is 3.16. The summed E-state index contributed by atoms with van der Waals surface area (Å²) >= 11 is 0. The third-order valence-electron chi connectivity index (χ3n) is 3.74. The minimum atomic E-state index is -0.351. The number of Topliss-reactive ketones (excluding diaryl/α,β-unsaturated/α-hetero) is 1. The second-order valence-electron chi connectivity index (χ2n) is 5.58. The van der Waals surface area contributed by atoms with E-state index in [9.17, 15) is 14.4 Å². The van der Waals surface area contributed by atoms with Gasteiger partial charge in [0.25, 0.3) is 11.8 Å². The molecule has 2 rings (SSSR count). The molecule has 1 aromatic carbocycles. The van der Waals surface area contributed by atoms with E-state index in [4.69, 9.17) is 0 Å². The summed E-state index contributed by atoms with van der Waals surface area (Å²) < 4.78 is 0. The van der Waals surface area contributed by atoms with E-state index in [2.05, 4.69) is 15.6 Å². The van der Waals surface area contributed by atoms with Gasteiger partial charge in [-0.05, 0) is 51.5 Å². The molecule has 0 atom stereocenters. The third kappa shape index (κ3) is 3.53. The molecule has 0 saturated heterocycles. The zero-order chi connectivity index (χ0) is 17.9. The van der Waals surface area contributed by atoms with E-state index in [0.29, 0.717) is 40.3 Å². The highest BCUT2D eigenvalue weighted by atomic mass is 16.2. The Hall–Kier alpha value is -2.89. The standard InChI is InChI=1S/C18H21N3O3/c1-5-19-17(23)13-7-6-8-14(9-13)21-18(24)16-10(2)15(12(4)22)11(3)20-16/h6-9,20H,5H2,1-4H3,(H,19,23)(H,21,24). The van der Waals surface area contributed by atoms with E-state index in [-0.39, 0.29) is 17.6 Å². The lowest BCUT2D eigenvalue weighted by Gasteiger charge is -2.07. The molecular weight excluding hydrogens is 306 g/mol. The van der Waals surface area contributed by atoms with Crippen molar-refractivity contribution in [3.8, 4) is 0 Å². The van der Waals surface area contributed by atoms with Crippen molar-refractivity contribution < 1.29 is 14.4 Å². The Bertz CT molecular complexity index is 806. The minimum absolute atomic E-state index is 0.0847. The molecule has 0 saturated carbocycles. The lowest BCUT2D eigenvalue weighted by molar-refractivity contribution is 0.0953. The first-order valence-corrected chi connectivity index (χ1v) is 7.74. The number of benzene rings is 1. The highest BCUT2D eigenvalue weighted by Gasteiger charge is 2.20. The molecule has 0 spiro atoms. The van der Waals surface area contributed by atoms with Gasteiger partial charge in [-0.3, -0.25) is 14.4 Å². The zero-order valence-corrected chi connectivity index (χ0v) is 14.2. The molecule has 0 bridgehead atoms. The van der Waals surface area contributed by atoms with Gasteiger partial charge in [0.15, 0.2) is 5.78 Å². The fourth-order valence-electron chi connectivity index (χ4n) is 2.70. The average Bonchev–Trinajstić information content (AvgIpc) is 2.82. The topological polar surface area (TPSA) is 91.1 Å². The van der Waals surface area contributed by atoms with Crippen LogP contribution in [0.1, 0.15) is 56.3 Å². The number of carbonyl (C=O) groups is 3. The fourth-order valence-corrected chi connectivity index (χ4v) is 2.70. The number of amides is 2. The van der Waals surface area contributed by atoms with Gasteiger partial charge in [-0.1, -0.05) is 6.07 Å². The largest absolute Gasteiger partial charge is 0.354 e. The van der Waals surface area contributed by atoms with Gasteiger partial charge in [0, 0.05) is 29.1 Å². The highest BCUT2D eigenvalue weighted by molar-refractivity contribution is 6.08. The number of rotatable bonds is 5. The van der Waals surface area contributed by atoms with Crippen molar-refractivity contribution >= 4 is 23.3 Å². The van der Waals surface area contributed by atoms with Gasteiger partial charge in [0.1, 0.15) is 5.69 Å². The van der Waals surface area contributed by atoms with E-state index in [1.165, 1.54) is 6.92 Å². The molecule has 2 aromatic rings. The molecule has 0 radical (unpaired) electrons. The number of H-pyrrole nitrogens is 1. The number of aromatic amines is 1. The van der Waals surface area contributed by atoms with E-state index in [1.807, 2.05) is 6.92 Å².